The Morgan fingerprint density at radius 2 is 1.93 bits per heavy atom. The lowest BCUT2D eigenvalue weighted by Gasteiger charge is -2.09. The largest absolute Gasteiger partial charge is 0.497 e. The van der Waals surface area contributed by atoms with Crippen molar-refractivity contribution in [2.45, 2.75) is 20.3 Å². The van der Waals surface area contributed by atoms with Crippen LogP contribution in [0, 0.1) is 5.92 Å². The van der Waals surface area contributed by atoms with Crippen molar-refractivity contribution < 1.29 is 9.53 Å². The number of amides is 1. The Morgan fingerprint density at radius 1 is 1.18 bits per heavy atom. The van der Waals surface area contributed by atoms with Crippen molar-refractivity contribution >= 4 is 17.5 Å². The number of halogens is 1. The van der Waals surface area contributed by atoms with E-state index in [1.165, 1.54) is 0 Å². The van der Waals surface area contributed by atoms with Gasteiger partial charge in [0.1, 0.15) is 11.4 Å². The van der Waals surface area contributed by atoms with Gasteiger partial charge < -0.3 is 10.1 Å². The Bertz CT molecular complexity index is 949. The highest BCUT2D eigenvalue weighted by Crippen LogP contribution is 2.25. The first-order chi connectivity index (χ1) is 13.5. The molecular weight excluding hydrogens is 374 g/mol. The van der Waals surface area contributed by atoms with Crippen molar-refractivity contribution in [3.05, 3.63) is 65.3 Å². The van der Waals surface area contributed by atoms with Crippen LogP contribution in [-0.2, 0) is 0 Å². The minimum absolute atomic E-state index is 0.159. The summed E-state index contributed by atoms with van der Waals surface area (Å²) in [5, 5.41) is 8.24. The second kappa shape index (κ2) is 8.93. The first-order valence-corrected chi connectivity index (χ1v) is 9.64. The van der Waals surface area contributed by atoms with E-state index >= 15 is 0 Å². The lowest BCUT2D eigenvalue weighted by molar-refractivity contribution is 0.0944. The van der Waals surface area contributed by atoms with E-state index in [4.69, 9.17) is 16.3 Å². The van der Waals surface area contributed by atoms with Crippen LogP contribution in [-0.4, -0.2) is 29.3 Å². The van der Waals surface area contributed by atoms with Crippen molar-refractivity contribution in [2.24, 2.45) is 5.92 Å². The van der Waals surface area contributed by atoms with E-state index < -0.39 is 0 Å². The number of nitrogens with one attached hydrogen (secondary N) is 1. The van der Waals surface area contributed by atoms with Crippen LogP contribution >= 0.6 is 11.6 Å². The van der Waals surface area contributed by atoms with Crippen LogP contribution < -0.4 is 10.1 Å². The number of nitrogens with zero attached hydrogens (tertiary/aromatic N) is 2. The van der Waals surface area contributed by atoms with Crippen LogP contribution in [0.4, 0.5) is 0 Å². The molecule has 1 heterocycles. The second-order valence-corrected chi connectivity index (χ2v) is 7.41. The summed E-state index contributed by atoms with van der Waals surface area (Å²) in [6, 6.07) is 16.7. The van der Waals surface area contributed by atoms with Crippen molar-refractivity contribution in [2.75, 3.05) is 13.7 Å². The molecule has 6 heteroatoms. The zero-order valence-corrected chi connectivity index (χ0v) is 17.0. The predicted molar refractivity (Wildman–Crippen MR) is 112 cm³/mol. The monoisotopic (exact) mass is 397 g/mol. The van der Waals surface area contributed by atoms with Crippen LogP contribution in [0.25, 0.3) is 16.9 Å². The average molecular weight is 398 g/mol. The molecule has 5 nitrogen and oxygen atoms in total. The molecule has 1 amide bonds. The summed E-state index contributed by atoms with van der Waals surface area (Å²) in [6.45, 7) is 4.88. The molecule has 0 saturated heterocycles. The van der Waals surface area contributed by atoms with E-state index in [2.05, 4.69) is 24.3 Å². The fraction of sp³-hybridized carbons (Fsp3) is 0.273. The summed E-state index contributed by atoms with van der Waals surface area (Å²) < 4.78 is 6.85. The number of hydrogen-bond donors (Lipinski definition) is 1. The molecule has 28 heavy (non-hydrogen) atoms. The smallest absolute Gasteiger partial charge is 0.270 e. The number of benzene rings is 2. The minimum atomic E-state index is -0.159. The van der Waals surface area contributed by atoms with E-state index in [0.29, 0.717) is 28.9 Å². The summed E-state index contributed by atoms with van der Waals surface area (Å²) in [6.07, 6.45) is 0.919. The first-order valence-electron chi connectivity index (χ1n) is 9.26. The highest BCUT2D eigenvalue weighted by Gasteiger charge is 2.18. The number of carbonyl (C=O) groups excluding carboxylic acids is 1. The summed E-state index contributed by atoms with van der Waals surface area (Å²) in [5.41, 5.74) is 2.81. The van der Waals surface area contributed by atoms with Gasteiger partial charge >= 0.3 is 0 Å². The number of hydrogen-bond acceptors (Lipinski definition) is 3. The van der Waals surface area contributed by atoms with Crippen LogP contribution in [0.15, 0.2) is 54.6 Å². The fourth-order valence-electron chi connectivity index (χ4n) is 2.82. The maximum Gasteiger partial charge on any atom is 0.270 e. The fourth-order valence-corrected chi connectivity index (χ4v) is 3.00. The predicted octanol–water partition coefficient (Wildman–Crippen LogP) is 4.98. The molecule has 0 atom stereocenters. The van der Waals surface area contributed by atoms with Gasteiger partial charge in [0, 0.05) is 17.1 Å². The first kappa shape index (κ1) is 20.0. The van der Waals surface area contributed by atoms with Gasteiger partial charge in [0.05, 0.1) is 18.5 Å². The maximum atomic E-state index is 12.8. The molecule has 3 aromatic rings. The Morgan fingerprint density at radius 3 is 2.57 bits per heavy atom. The van der Waals surface area contributed by atoms with Gasteiger partial charge in [-0.25, -0.2) is 4.68 Å². The normalized spacial score (nSPS) is 10.9. The van der Waals surface area contributed by atoms with E-state index in [1.807, 2.05) is 36.4 Å². The molecule has 0 aliphatic rings. The molecule has 3 rings (SSSR count). The molecule has 0 saturated carbocycles. The zero-order chi connectivity index (χ0) is 20.1. The summed E-state index contributed by atoms with van der Waals surface area (Å²) in [5.74, 6) is 1.13. The van der Waals surface area contributed by atoms with Gasteiger partial charge in [-0.05, 0) is 60.9 Å². The molecule has 0 bridgehead atoms. The maximum absolute atomic E-state index is 12.8. The molecule has 1 aromatic heterocycles. The van der Waals surface area contributed by atoms with E-state index in [-0.39, 0.29) is 5.91 Å². The molecular formula is C22H24ClN3O2. The molecule has 0 fully saturated rings. The SMILES string of the molecule is COc1ccc(-c2cc(C(=O)NCCC(C)C)n(-c3cccc(Cl)c3)n2)cc1. The number of rotatable bonds is 7. The third-order valence-corrected chi connectivity index (χ3v) is 4.62. The second-order valence-electron chi connectivity index (χ2n) is 6.97. The molecule has 2 aromatic carbocycles. The number of aromatic nitrogens is 2. The summed E-state index contributed by atoms with van der Waals surface area (Å²) in [4.78, 5) is 12.8. The lowest BCUT2D eigenvalue weighted by Crippen LogP contribution is -2.27. The molecule has 146 valence electrons. The van der Waals surface area contributed by atoms with Gasteiger partial charge in [-0.1, -0.05) is 31.5 Å². The summed E-state index contributed by atoms with van der Waals surface area (Å²) >= 11 is 6.15. The minimum Gasteiger partial charge on any atom is -0.497 e. The molecule has 0 radical (unpaired) electrons. The van der Waals surface area contributed by atoms with Crippen LogP contribution in [0.5, 0.6) is 5.75 Å². The highest BCUT2D eigenvalue weighted by atomic mass is 35.5. The summed E-state index contributed by atoms with van der Waals surface area (Å²) in [7, 11) is 1.63. The Balaban J connectivity index is 1.97. The number of carbonyl (C=O) groups is 1. The topological polar surface area (TPSA) is 56.1 Å². The van der Waals surface area contributed by atoms with Crippen LogP contribution in [0.1, 0.15) is 30.8 Å². The Hall–Kier alpha value is -2.79. The van der Waals surface area contributed by atoms with Crippen molar-refractivity contribution in [3.8, 4) is 22.7 Å². The van der Waals surface area contributed by atoms with Crippen molar-refractivity contribution in [3.63, 3.8) is 0 Å². The van der Waals surface area contributed by atoms with Gasteiger partial charge in [-0.3, -0.25) is 4.79 Å². The van der Waals surface area contributed by atoms with Crippen LogP contribution in [0.2, 0.25) is 5.02 Å². The van der Waals surface area contributed by atoms with Gasteiger partial charge in [0.2, 0.25) is 0 Å². The lowest BCUT2D eigenvalue weighted by atomic mass is 10.1. The Kier molecular flexibility index (Phi) is 6.37. The number of ether oxygens (including phenoxy) is 1. The third kappa shape index (κ3) is 4.73. The van der Waals surface area contributed by atoms with E-state index in [9.17, 15) is 4.79 Å². The molecule has 0 unspecified atom stereocenters. The van der Waals surface area contributed by atoms with Gasteiger partial charge in [-0.15, -0.1) is 0 Å². The standard InChI is InChI=1S/C22H24ClN3O2/c1-15(2)11-12-24-22(27)21-14-20(16-7-9-19(28-3)10-8-16)25-26(21)18-6-4-5-17(23)13-18/h4-10,13-15H,11-12H2,1-3H3,(H,24,27). The zero-order valence-electron chi connectivity index (χ0n) is 16.3. The van der Waals surface area contributed by atoms with Crippen molar-refractivity contribution in [1.82, 2.24) is 15.1 Å². The van der Waals surface area contributed by atoms with Crippen LogP contribution in [0.3, 0.4) is 0 Å². The number of methoxy groups -OCH3 is 1. The third-order valence-electron chi connectivity index (χ3n) is 4.39. The molecule has 0 spiro atoms. The van der Waals surface area contributed by atoms with Gasteiger partial charge in [0.15, 0.2) is 0 Å². The molecule has 0 aliphatic carbocycles. The van der Waals surface area contributed by atoms with Gasteiger partial charge in [0.25, 0.3) is 5.91 Å². The van der Waals surface area contributed by atoms with E-state index in [0.717, 1.165) is 23.4 Å². The van der Waals surface area contributed by atoms with E-state index in [1.54, 1.807) is 30.0 Å². The Labute approximate surface area is 170 Å². The molecule has 0 aliphatic heterocycles. The highest BCUT2D eigenvalue weighted by molar-refractivity contribution is 6.30. The van der Waals surface area contributed by atoms with Crippen molar-refractivity contribution in [1.29, 1.82) is 0 Å². The van der Waals surface area contributed by atoms with Gasteiger partial charge in [-0.2, -0.15) is 5.10 Å². The molecule has 1 N–H and O–H groups in total. The quantitative estimate of drug-likeness (QED) is 0.611. The average Bonchev–Trinajstić information content (AvgIpc) is 3.13.